The molecule has 0 unspecified atom stereocenters. The number of carbonyl (C=O) groups excluding carboxylic acids is 2. The van der Waals surface area contributed by atoms with Crippen molar-refractivity contribution in [3.8, 4) is 0 Å². The van der Waals surface area contributed by atoms with Crippen LogP contribution in [0.1, 0.15) is 31.0 Å². The summed E-state index contributed by atoms with van der Waals surface area (Å²) in [6.07, 6.45) is -3.18. The van der Waals surface area contributed by atoms with Crippen molar-refractivity contribution < 1.29 is 27.5 Å². The minimum absolute atomic E-state index is 0.0370. The number of alkyl halides is 3. The van der Waals surface area contributed by atoms with Crippen LogP contribution in [0.25, 0.3) is 0 Å². The molecule has 1 aromatic rings. The van der Waals surface area contributed by atoms with Gasteiger partial charge in [0.1, 0.15) is 0 Å². The van der Waals surface area contributed by atoms with Gasteiger partial charge >= 0.3 is 18.2 Å². The summed E-state index contributed by atoms with van der Waals surface area (Å²) in [5.74, 6) is -0.777. The maximum absolute atomic E-state index is 13.4. The van der Waals surface area contributed by atoms with Crippen molar-refractivity contribution >= 4 is 12.0 Å². The van der Waals surface area contributed by atoms with Crippen molar-refractivity contribution in [2.75, 3.05) is 13.2 Å². The molecule has 0 saturated heterocycles. The molecule has 1 N–H and O–H groups in total. The Hall–Kier alpha value is -2.77. The topological polar surface area (TPSA) is 58.6 Å². The summed E-state index contributed by atoms with van der Waals surface area (Å²) in [6, 6.07) is 2.95. The van der Waals surface area contributed by atoms with Gasteiger partial charge in [-0.05, 0) is 25.5 Å². The standard InChI is InChI=1S/C18H19F3N2O3/c1-4-10-23-11(3)14(16(24)26-5-2)15(22-17(23)25)12-8-6-7-9-13(12)18(19,20)21/h4,6-9,15H,1,5,10H2,2-3H3,(H,22,25)/t15-/m1/s1. The fourth-order valence-electron chi connectivity index (χ4n) is 2.84. The lowest BCUT2D eigenvalue weighted by Gasteiger charge is -2.35. The molecule has 5 nitrogen and oxygen atoms in total. The molecule has 1 heterocycles. The third-order valence-corrected chi connectivity index (χ3v) is 3.98. The molecule has 1 aliphatic heterocycles. The van der Waals surface area contributed by atoms with Gasteiger partial charge in [-0.1, -0.05) is 24.3 Å². The minimum Gasteiger partial charge on any atom is -0.463 e. The predicted octanol–water partition coefficient (Wildman–Crippen LogP) is 3.79. The Kier molecular flexibility index (Phi) is 5.74. The Balaban J connectivity index is 2.65. The zero-order valence-corrected chi connectivity index (χ0v) is 14.4. The van der Waals surface area contributed by atoms with E-state index in [1.54, 1.807) is 6.92 Å². The van der Waals surface area contributed by atoms with Crippen LogP contribution in [-0.2, 0) is 15.7 Å². The minimum atomic E-state index is -4.63. The first-order valence-electron chi connectivity index (χ1n) is 7.95. The summed E-state index contributed by atoms with van der Waals surface area (Å²) >= 11 is 0. The van der Waals surface area contributed by atoms with Crippen LogP contribution >= 0.6 is 0 Å². The van der Waals surface area contributed by atoms with Gasteiger partial charge in [0, 0.05) is 12.2 Å². The molecule has 26 heavy (non-hydrogen) atoms. The first kappa shape index (κ1) is 19.6. The SMILES string of the molecule is C=CCN1C(=O)N[C@H](c2ccccc2C(F)(F)F)C(C(=O)OCC)=C1C. The van der Waals surface area contributed by atoms with E-state index in [-0.39, 0.29) is 30.0 Å². The van der Waals surface area contributed by atoms with Gasteiger partial charge < -0.3 is 10.1 Å². The number of ether oxygens (including phenoxy) is 1. The van der Waals surface area contributed by atoms with Crippen LogP contribution in [0.5, 0.6) is 0 Å². The summed E-state index contributed by atoms with van der Waals surface area (Å²) in [7, 11) is 0. The van der Waals surface area contributed by atoms with Gasteiger partial charge in [0.05, 0.1) is 23.8 Å². The average Bonchev–Trinajstić information content (AvgIpc) is 2.57. The molecule has 0 fully saturated rings. The van der Waals surface area contributed by atoms with Crippen LogP contribution in [0.15, 0.2) is 48.2 Å². The van der Waals surface area contributed by atoms with E-state index in [9.17, 15) is 22.8 Å². The number of nitrogens with zero attached hydrogens (tertiary/aromatic N) is 1. The van der Waals surface area contributed by atoms with Crippen molar-refractivity contribution in [1.82, 2.24) is 10.2 Å². The molecule has 0 saturated carbocycles. The Labute approximate surface area is 149 Å². The maximum atomic E-state index is 13.4. The van der Waals surface area contributed by atoms with Crippen LogP contribution < -0.4 is 5.32 Å². The summed E-state index contributed by atoms with van der Waals surface area (Å²) < 4.78 is 45.2. The van der Waals surface area contributed by atoms with E-state index < -0.39 is 29.8 Å². The quantitative estimate of drug-likeness (QED) is 0.635. The van der Waals surface area contributed by atoms with Gasteiger partial charge in [0.25, 0.3) is 0 Å². The van der Waals surface area contributed by atoms with E-state index in [1.807, 2.05) is 0 Å². The van der Waals surface area contributed by atoms with E-state index in [0.29, 0.717) is 0 Å². The lowest BCUT2D eigenvalue weighted by molar-refractivity contribution is -0.141. The summed E-state index contributed by atoms with van der Waals surface area (Å²) in [5.41, 5.74) is -0.940. The third-order valence-electron chi connectivity index (χ3n) is 3.98. The van der Waals surface area contributed by atoms with Gasteiger partial charge in [0.2, 0.25) is 0 Å². The van der Waals surface area contributed by atoms with Crippen molar-refractivity contribution in [3.05, 3.63) is 59.3 Å². The number of urea groups is 1. The zero-order valence-electron chi connectivity index (χ0n) is 14.4. The van der Waals surface area contributed by atoms with Gasteiger partial charge in [-0.15, -0.1) is 6.58 Å². The maximum Gasteiger partial charge on any atom is 0.416 e. The number of rotatable bonds is 5. The monoisotopic (exact) mass is 368 g/mol. The largest absolute Gasteiger partial charge is 0.463 e. The predicted molar refractivity (Wildman–Crippen MR) is 89.0 cm³/mol. The smallest absolute Gasteiger partial charge is 0.416 e. The molecule has 1 aromatic carbocycles. The number of nitrogens with one attached hydrogen (secondary N) is 1. The van der Waals surface area contributed by atoms with Gasteiger partial charge in [0.15, 0.2) is 0 Å². The number of allylic oxidation sites excluding steroid dienone is 1. The lowest BCUT2D eigenvalue weighted by atomic mass is 9.91. The fourth-order valence-corrected chi connectivity index (χ4v) is 2.84. The lowest BCUT2D eigenvalue weighted by Crippen LogP contribution is -2.48. The van der Waals surface area contributed by atoms with E-state index in [1.165, 1.54) is 36.1 Å². The molecule has 0 aliphatic carbocycles. The van der Waals surface area contributed by atoms with Crippen molar-refractivity contribution in [2.24, 2.45) is 0 Å². The molecule has 1 atom stereocenters. The highest BCUT2D eigenvalue weighted by molar-refractivity contribution is 5.95. The summed E-state index contributed by atoms with van der Waals surface area (Å²) in [5, 5.41) is 2.48. The molecular weight excluding hydrogens is 349 g/mol. The highest BCUT2D eigenvalue weighted by Gasteiger charge is 2.41. The molecule has 0 radical (unpaired) electrons. The first-order valence-corrected chi connectivity index (χ1v) is 7.95. The summed E-state index contributed by atoms with van der Waals surface area (Å²) in [4.78, 5) is 26.0. The van der Waals surface area contributed by atoms with Gasteiger partial charge in [-0.2, -0.15) is 13.2 Å². The molecule has 0 bridgehead atoms. The molecule has 2 amide bonds. The van der Waals surface area contributed by atoms with Crippen LogP contribution in [-0.4, -0.2) is 30.1 Å². The van der Waals surface area contributed by atoms with E-state index >= 15 is 0 Å². The average molecular weight is 368 g/mol. The second kappa shape index (κ2) is 7.63. The van der Waals surface area contributed by atoms with Crippen LogP contribution in [0.2, 0.25) is 0 Å². The number of hydrogen-bond donors (Lipinski definition) is 1. The number of esters is 1. The Morgan fingerprint density at radius 1 is 1.38 bits per heavy atom. The van der Waals surface area contributed by atoms with Gasteiger partial charge in [-0.3, -0.25) is 4.90 Å². The highest BCUT2D eigenvalue weighted by atomic mass is 19.4. The Morgan fingerprint density at radius 2 is 2.04 bits per heavy atom. The van der Waals surface area contributed by atoms with Crippen LogP contribution in [0.3, 0.4) is 0 Å². The van der Waals surface area contributed by atoms with E-state index in [4.69, 9.17) is 4.74 Å². The molecule has 0 spiro atoms. The van der Waals surface area contributed by atoms with Crippen molar-refractivity contribution in [2.45, 2.75) is 26.1 Å². The number of benzene rings is 1. The number of carbonyl (C=O) groups is 2. The van der Waals surface area contributed by atoms with Crippen LogP contribution in [0.4, 0.5) is 18.0 Å². The Morgan fingerprint density at radius 3 is 2.62 bits per heavy atom. The molecule has 2 rings (SSSR count). The number of hydrogen-bond acceptors (Lipinski definition) is 3. The molecule has 140 valence electrons. The molecule has 8 heteroatoms. The molecular formula is C18H19F3N2O3. The third kappa shape index (κ3) is 3.74. The summed E-state index contributed by atoms with van der Waals surface area (Å²) in [6.45, 7) is 6.79. The Bertz CT molecular complexity index is 756. The second-order valence-corrected chi connectivity index (χ2v) is 5.59. The second-order valence-electron chi connectivity index (χ2n) is 5.59. The zero-order chi connectivity index (χ0) is 19.5. The molecule has 0 aromatic heterocycles. The fraction of sp³-hybridized carbons (Fsp3) is 0.333. The van der Waals surface area contributed by atoms with Gasteiger partial charge in [-0.25, -0.2) is 9.59 Å². The van der Waals surface area contributed by atoms with Crippen molar-refractivity contribution in [1.29, 1.82) is 0 Å². The number of amides is 2. The molecule has 1 aliphatic rings. The highest BCUT2D eigenvalue weighted by Crippen LogP contribution is 2.39. The first-order chi connectivity index (χ1) is 12.2. The van der Waals surface area contributed by atoms with E-state index in [2.05, 4.69) is 11.9 Å². The van der Waals surface area contributed by atoms with Crippen LogP contribution in [0, 0.1) is 0 Å². The van der Waals surface area contributed by atoms with E-state index in [0.717, 1.165) is 6.07 Å². The van der Waals surface area contributed by atoms with Crippen molar-refractivity contribution in [3.63, 3.8) is 0 Å². The number of halogens is 3. The normalized spacial score (nSPS) is 17.8.